The van der Waals surface area contributed by atoms with Gasteiger partial charge in [-0.1, -0.05) is 36.4 Å². The molecular formula is C23H20N4O2. The van der Waals surface area contributed by atoms with Crippen LogP contribution in [0.2, 0.25) is 0 Å². The molecule has 0 aliphatic carbocycles. The molecule has 0 bridgehead atoms. The normalized spacial score (nSPS) is 21.7. The lowest BCUT2D eigenvalue weighted by Gasteiger charge is -2.15. The number of benzene rings is 2. The summed E-state index contributed by atoms with van der Waals surface area (Å²) in [6, 6.07) is 14.1. The Labute approximate surface area is 166 Å². The SMILES string of the molecule is O=C1NC(=O)[C@@H](c2cn3c4c(cccc24)CNCC3)[C@@H]1c1c[nH]c2ccccc12. The number of nitrogens with one attached hydrogen (secondary N) is 3. The van der Waals surface area contributed by atoms with Crippen molar-refractivity contribution in [2.24, 2.45) is 0 Å². The Kier molecular flexibility index (Phi) is 3.46. The maximum Gasteiger partial charge on any atom is 0.235 e. The van der Waals surface area contributed by atoms with E-state index < -0.39 is 11.8 Å². The monoisotopic (exact) mass is 384 g/mol. The fourth-order valence-corrected chi connectivity index (χ4v) is 5.03. The molecule has 2 aliphatic rings. The van der Waals surface area contributed by atoms with Crippen LogP contribution in [0.3, 0.4) is 0 Å². The van der Waals surface area contributed by atoms with E-state index in [0.717, 1.165) is 52.6 Å². The average Bonchev–Trinajstić information content (AvgIpc) is 3.33. The van der Waals surface area contributed by atoms with Gasteiger partial charge in [-0.15, -0.1) is 0 Å². The second kappa shape index (κ2) is 6.06. The zero-order valence-corrected chi connectivity index (χ0v) is 15.7. The zero-order chi connectivity index (χ0) is 19.5. The number of hydrogen-bond donors (Lipinski definition) is 3. The van der Waals surface area contributed by atoms with E-state index in [-0.39, 0.29) is 11.8 Å². The van der Waals surface area contributed by atoms with E-state index in [2.05, 4.69) is 38.5 Å². The number of hydrogen-bond acceptors (Lipinski definition) is 3. The highest BCUT2D eigenvalue weighted by molar-refractivity contribution is 6.13. The van der Waals surface area contributed by atoms with Crippen LogP contribution in [0.5, 0.6) is 0 Å². The molecule has 0 radical (unpaired) electrons. The minimum absolute atomic E-state index is 0.218. The summed E-state index contributed by atoms with van der Waals surface area (Å²) in [5.74, 6) is -1.52. The highest BCUT2D eigenvalue weighted by Crippen LogP contribution is 2.43. The first-order chi connectivity index (χ1) is 14.2. The molecule has 0 unspecified atom stereocenters. The molecule has 2 atom stereocenters. The molecule has 1 saturated heterocycles. The number of amides is 2. The van der Waals surface area contributed by atoms with Gasteiger partial charge in [-0.05, 0) is 22.8 Å². The molecule has 2 aromatic heterocycles. The fraction of sp³-hybridized carbons (Fsp3) is 0.217. The zero-order valence-electron chi connectivity index (χ0n) is 15.7. The number of fused-ring (bicyclic) bond motifs is 1. The summed E-state index contributed by atoms with van der Waals surface area (Å²) in [5.41, 5.74) is 5.16. The minimum Gasteiger partial charge on any atom is -0.361 e. The summed E-state index contributed by atoms with van der Waals surface area (Å²) in [5, 5.41) is 8.08. The standard InChI is InChI=1S/C23H20N4O2/c28-22-19(16-11-25-18-7-2-1-5-14(16)18)20(23(29)26-22)17-12-27-9-8-24-10-13-4-3-6-15(17)21(13)27/h1-7,11-12,19-20,24-25H,8-10H2,(H,26,28,29)/t19-,20-/m0/s1. The van der Waals surface area contributed by atoms with Crippen LogP contribution in [-0.2, 0) is 22.7 Å². The lowest BCUT2D eigenvalue weighted by molar-refractivity contribution is -0.125. The first-order valence-electron chi connectivity index (χ1n) is 9.94. The molecule has 4 aromatic rings. The van der Waals surface area contributed by atoms with Gasteiger partial charge in [0, 0.05) is 48.3 Å². The van der Waals surface area contributed by atoms with Crippen molar-refractivity contribution < 1.29 is 9.59 Å². The summed E-state index contributed by atoms with van der Waals surface area (Å²) in [6.45, 7) is 2.52. The maximum absolute atomic E-state index is 13.0. The Hall–Kier alpha value is -3.38. The van der Waals surface area contributed by atoms with Crippen molar-refractivity contribution in [3.05, 3.63) is 71.5 Å². The fourth-order valence-electron chi connectivity index (χ4n) is 5.03. The van der Waals surface area contributed by atoms with Crippen LogP contribution in [0, 0.1) is 0 Å². The first-order valence-corrected chi connectivity index (χ1v) is 9.94. The van der Waals surface area contributed by atoms with Gasteiger partial charge in [-0.3, -0.25) is 14.9 Å². The number of para-hydroxylation sites is 2. The number of imide groups is 1. The summed E-state index contributed by atoms with van der Waals surface area (Å²) < 4.78 is 2.22. The Bertz CT molecular complexity index is 1300. The summed E-state index contributed by atoms with van der Waals surface area (Å²) in [7, 11) is 0. The Morgan fingerprint density at radius 2 is 1.69 bits per heavy atom. The second-order valence-electron chi connectivity index (χ2n) is 7.87. The van der Waals surface area contributed by atoms with Crippen LogP contribution < -0.4 is 10.6 Å². The summed E-state index contributed by atoms with van der Waals surface area (Å²) in [6.07, 6.45) is 3.95. The molecule has 3 N–H and O–H groups in total. The van der Waals surface area contributed by atoms with Crippen molar-refractivity contribution in [1.29, 1.82) is 0 Å². The summed E-state index contributed by atoms with van der Waals surface area (Å²) >= 11 is 0. The maximum atomic E-state index is 13.0. The van der Waals surface area contributed by atoms with Crippen LogP contribution in [0.25, 0.3) is 21.8 Å². The topological polar surface area (TPSA) is 78.9 Å². The van der Waals surface area contributed by atoms with E-state index in [0.29, 0.717) is 0 Å². The Balaban J connectivity index is 1.57. The molecular weight excluding hydrogens is 364 g/mol. The third-order valence-corrected chi connectivity index (χ3v) is 6.29. The van der Waals surface area contributed by atoms with Gasteiger partial charge in [0.25, 0.3) is 0 Å². The molecule has 1 fully saturated rings. The van der Waals surface area contributed by atoms with Crippen LogP contribution in [0.15, 0.2) is 54.9 Å². The minimum atomic E-state index is -0.539. The molecule has 0 spiro atoms. The van der Waals surface area contributed by atoms with Crippen LogP contribution in [0.1, 0.15) is 28.5 Å². The number of aromatic amines is 1. The molecule has 6 rings (SSSR count). The van der Waals surface area contributed by atoms with Crippen molar-refractivity contribution in [3.8, 4) is 0 Å². The first kappa shape index (κ1) is 16.6. The number of nitrogens with zero attached hydrogens (tertiary/aromatic N) is 1. The number of rotatable bonds is 2. The van der Waals surface area contributed by atoms with E-state index in [1.807, 2.05) is 36.5 Å². The smallest absolute Gasteiger partial charge is 0.235 e. The van der Waals surface area contributed by atoms with E-state index in [1.54, 1.807) is 0 Å². The van der Waals surface area contributed by atoms with E-state index >= 15 is 0 Å². The molecule has 6 heteroatoms. The van der Waals surface area contributed by atoms with Crippen molar-refractivity contribution in [3.63, 3.8) is 0 Å². The molecule has 29 heavy (non-hydrogen) atoms. The lowest BCUT2D eigenvalue weighted by Crippen LogP contribution is -2.21. The van der Waals surface area contributed by atoms with Gasteiger partial charge >= 0.3 is 0 Å². The van der Waals surface area contributed by atoms with Gasteiger partial charge in [0.15, 0.2) is 0 Å². The van der Waals surface area contributed by atoms with E-state index in [1.165, 1.54) is 5.56 Å². The van der Waals surface area contributed by atoms with Gasteiger partial charge in [0.2, 0.25) is 11.8 Å². The van der Waals surface area contributed by atoms with E-state index in [4.69, 9.17) is 0 Å². The van der Waals surface area contributed by atoms with Crippen LogP contribution in [-0.4, -0.2) is 27.9 Å². The highest BCUT2D eigenvalue weighted by Gasteiger charge is 2.45. The van der Waals surface area contributed by atoms with Crippen molar-refractivity contribution in [2.75, 3.05) is 6.54 Å². The molecule has 6 nitrogen and oxygen atoms in total. The highest BCUT2D eigenvalue weighted by atomic mass is 16.2. The average molecular weight is 384 g/mol. The van der Waals surface area contributed by atoms with Gasteiger partial charge in [-0.25, -0.2) is 0 Å². The van der Waals surface area contributed by atoms with Gasteiger partial charge in [0.05, 0.1) is 17.4 Å². The lowest BCUT2D eigenvalue weighted by atomic mass is 9.83. The van der Waals surface area contributed by atoms with Gasteiger partial charge in [-0.2, -0.15) is 0 Å². The number of aromatic nitrogens is 2. The molecule has 2 aromatic carbocycles. The van der Waals surface area contributed by atoms with E-state index in [9.17, 15) is 9.59 Å². The number of carbonyl (C=O) groups is 2. The van der Waals surface area contributed by atoms with Crippen LogP contribution >= 0.6 is 0 Å². The van der Waals surface area contributed by atoms with Gasteiger partial charge < -0.3 is 14.9 Å². The van der Waals surface area contributed by atoms with Crippen molar-refractivity contribution >= 4 is 33.6 Å². The third-order valence-electron chi connectivity index (χ3n) is 6.29. The predicted octanol–water partition coefficient (Wildman–Crippen LogP) is 2.75. The molecule has 0 saturated carbocycles. The number of carbonyl (C=O) groups excluding carboxylic acids is 2. The Morgan fingerprint density at radius 3 is 2.59 bits per heavy atom. The molecule has 2 aliphatic heterocycles. The van der Waals surface area contributed by atoms with Crippen LogP contribution in [0.4, 0.5) is 0 Å². The predicted molar refractivity (Wildman–Crippen MR) is 111 cm³/mol. The largest absolute Gasteiger partial charge is 0.361 e. The quantitative estimate of drug-likeness (QED) is 0.465. The Morgan fingerprint density at radius 1 is 0.897 bits per heavy atom. The van der Waals surface area contributed by atoms with Crippen molar-refractivity contribution in [2.45, 2.75) is 24.9 Å². The van der Waals surface area contributed by atoms with Gasteiger partial charge in [0.1, 0.15) is 0 Å². The third kappa shape index (κ3) is 2.32. The second-order valence-corrected chi connectivity index (χ2v) is 7.87. The molecule has 2 amide bonds. The molecule has 4 heterocycles. The molecule has 144 valence electrons. The number of H-pyrrole nitrogens is 1. The van der Waals surface area contributed by atoms with Crippen molar-refractivity contribution in [1.82, 2.24) is 20.2 Å². The summed E-state index contributed by atoms with van der Waals surface area (Å²) in [4.78, 5) is 29.1.